The van der Waals surface area contributed by atoms with Gasteiger partial charge in [0.25, 0.3) is 5.91 Å². The van der Waals surface area contributed by atoms with Crippen LogP contribution >= 0.6 is 15.9 Å². The van der Waals surface area contributed by atoms with E-state index in [1.165, 1.54) is 6.07 Å². The monoisotopic (exact) mass is 502 g/mol. The van der Waals surface area contributed by atoms with E-state index < -0.39 is 17.8 Å². The second-order valence-corrected chi connectivity index (χ2v) is 8.38. The first-order chi connectivity index (χ1) is 15.1. The highest BCUT2D eigenvalue weighted by Gasteiger charge is 2.34. The van der Waals surface area contributed by atoms with Gasteiger partial charge in [-0.3, -0.25) is 4.79 Å². The van der Waals surface area contributed by atoms with Gasteiger partial charge in [-0.15, -0.1) is 0 Å². The molecule has 1 amide bonds. The lowest BCUT2D eigenvalue weighted by Crippen LogP contribution is -2.17. The molecule has 4 rings (SSSR count). The van der Waals surface area contributed by atoms with Gasteiger partial charge in [-0.05, 0) is 43.7 Å². The smallest absolute Gasteiger partial charge is 0.328 e. The van der Waals surface area contributed by atoms with Crippen LogP contribution in [0.4, 0.5) is 19.0 Å². The fourth-order valence-corrected chi connectivity index (χ4v) is 3.68. The van der Waals surface area contributed by atoms with Crippen molar-refractivity contribution in [2.75, 3.05) is 5.32 Å². The van der Waals surface area contributed by atoms with Crippen molar-refractivity contribution in [3.05, 3.63) is 87.4 Å². The number of carbonyl (C=O) groups excluding carboxylic acids is 1. The lowest BCUT2D eigenvalue weighted by atomic mass is 10.1. The topological polar surface area (TPSA) is 59.8 Å². The van der Waals surface area contributed by atoms with Crippen LogP contribution in [0.5, 0.6) is 0 Å². The van der Waals surface area contributed by atoms with Crippen LogP contribution in [0.25, 0.3) is 10.9 Å². The van der Waals surface area contributed by atoms with Crippen LogP contribution in [0.15, 0.2) is 59.3 Å². The highest BCUT2D eigenvalue weighted by Crippen LogP contribution is 2.32. The van der Waals surface area contributed by atoms with E-state index in [0.717, 1.165) is 17.2 Å². The van der Waals surface area contributed by atoms with E-state index in [1.807, 2.05) is 35.8 Å². The molecule has 4 aromatic rings. The van der Waals surface area contributed by atoms with Crippen molar-refractivity contribution in [2.45, 2.75) is 26.6 Å². The molecule has 0 aliphatic rings. The summed E-state index contributed by atoms with van der Waals surface area (Å²) in [5.74, 6) is -0.402. The quantitative estimate of drug-likeness (QED) is 0.365. The molecule has 0 spiro atoms. The van der Waals surface area contributed by atoms with Gasteiger partial charge in [-0.25, -0.2) is 9.97 Å². The van der Waals surface area contributed by atoms with Crippen molar-refractivity contribution >= 4 is 38.6 Å². The molecule has 0 fully saturated rings. The zero-order valence-corrected chi connectivity index (χ0v) is 18.8. The number of anilines is 1. The van der Waals surface area contributed by atoms with E-state index in [0.29, 0.717) is 22.1 Å². The minimum absolute atomic E-state index is 0.0785. The van der Waals surface area contributed by atoms with Crippen molar-refractivity contribution in [1.82, 2.24) is 14.5 Å². The number of aromatic nitrogens is 3. The van der Waals surface area contributed by atoms with Gasteiger partial charge in [0.15, 0.2) is 5.82 Å². The predicted octanol–water partition coefficient (Wildman–Crippen LogP) is 6.13. The minimum atomic E-state index is -4.68. The first-order valence-electron chi connectivity index (χ1n) is 9.68. The Bertz CT molecular complexity index is 1310. The number of nitrogens with zero attached hydrogens (tertiary/aromatic N) is 3. The molecule has 0 saturated carbocycles. The Morgan fingerprint density at radius 3 is 2.50 bits per heavy atom. The number of pyridine rings is 1. The van der Waals surface area contributed by atoms with Crippen molar-refractivity contribution in [3.63, 3.8) is 0 Å². The van der Waals surface area contributed by atoms with Gasteiger partial charge in [0.2, 0.25) is 0 Å². The SMILES string of the molecule is Cc1ccc(Cn2cnc(NC(=O)c3cc(C(F)(F)F)nc4ccc(Br)cc34)c2C)cc1. The zero-order valence-electron chi connectivity index (χ0n) is 17.2. The molecule has 0 aliphatic carbocycles. The fourth-order valence-electron chi connectivity index (χ4n) is 3.32. The molecular weight excluding hydrogens is 485 g/mol. The molecule has 0 aliphatic heterocycles. The third-order valence-corrected chi connectivity index (χ3v) is 5.60. The van der Waals surface area contributed by atoms with E-state index in [2.05, 4.69) is 31.2 Å². The Kier molecular flexibility index (Phi) is 5.77. The Morgan fingerprint density at radius 1 is 1.09 bits per heavy atom. The maximum atomic E-state index is 13.3. The lowest BCUT2D eigenvalue weighted by Gasteiger charge is -2.12. The summed E-state index contributed by atoms with van der Waals surface area (Å²) in [7, 11) is 0. The number of nitrogens with one attached hydrogen (secondary N) is 1. The molecular formula is C23H18BrF3N4O. The summed E-state index contributed by atoms with van der Waals surface area (Å²) >= 11 is 3.29. The lowest BCUT2D eigenvalue weighted by molar-refractivity contribution is -0.140. The molecule has 2 heterocycles. The second kappa shape index (κ2) is 8.38. The van der Waals surface area contributed by atoms with Crippen LogP contribution in [-0.2, 0) is 12.7 Å². The summed E-state index contributed by atoms with van der Waals surface area (Å²) in [5, 5.41) is 2.96. The van der Waals surface area contributed by atoms with Gasteiger partial charge in [-0.1, -0.05) is 45.8 Å². The van der Waals surface area contributed by atoms with Crippen LogP contribution in [0, 0.1) is 13.8 Å². The first kappa shape index (κ1) is 22.0. The van der Waals surface area contributed by atoms with E-state index in [1.54, 1.807) is 25.4 Å². The van der Waals surface area contributed by atoms with Crippen LogP contribution < -0.4 is 5.32 Å². The molecule has 164 valence electrons. The van der Waals surface area contributed by atoms with E-state index in [9.17, 15) is 18.0 Å². The number of halogens is 4. The molecule has 0 saturated heterocycles. The number of imidazole rings is 1. The van der Waals surface area contributed by atoms with Crippen LogP contribution in [0.2, 0.25) is 0 Å². The molecule has 9 heteroatoms. The molecule has 2 aromatic heterocycles. The highest BCUT2D eigenvalue weighted by molar-refractivity contribution is 9.10. The van der Waals surface area contributed by atoms with Gasteiger partial charge in [-0.2, -0.15) is 13.2 Å². The fraction of sp³-hybridized carbons (Fsp3) is 0.174. The number of fused-ring (bicyclic) bond motifs is 1. The maximum absolute atomic E-state index is 13.3. The number of amides is 1. The van der Waals surface area contributed by atoms with Crippen molar-refractivity contribution < 1.29 is 18.0 Å². The molecule has 0 atom stereocenters. The summed E-state index contributed by atoms with van der Waals surface area (Å²) in [4.78, 5) is 20.9. The average Bonchev–Trinajstić information content (AvgIpc) is 3.07. The summed E-state index contributed by atoms with van der Waals surface area (Å²) < 4.78 is 42.5. The van der Waals surface area contributed by atoms with Gasteiger partial charge in [0.1, 0.15) is 5.69 Å². The Morgan fingerprint density at radius 2 is 1.81 bits per heavy atom. The summed E-state index contributed by atoms with van der Waals surface area (Å²) in [6.07, 6.45) is -3.09. The number of aryl methyl sites for hydroxylation is 1. The molecule has 0 bridgehead atoms. The number of hydrogen-bond acceptors (Lipinski definition) is 3. The first-order valence-corrected chi connectivity index (χ1v) is 10.5. The summed E-state index contributed by atoms with van der Waals surface area (Å²) in [6.45, 7) is 4.35. The Hall–Kier alpha value is -3.20. The minimum Gasteiger partial charge on any atom is -0.328 e. The standard InChI is InChI=1S/C23H18BrF3N4O/c1-13-3-5-15(6-4-13)11-31-12-28-21(14(31)2)30-22(32)18-10-20(23(25,26)27)29-19-8-7-16(24)9-17(18)19/h3-10,12H,11H2,1-2H3,(H,30,32). The van der Waals surface area contributed by atoms with E-state index in [-0.39, 0.29) is 16.9 Å². The second-order valence-electron chi connectivity index (χ2n) is 7.46. The average molecular weight is 503 g/mol. The summed E-state index contributed by atoms with van der Waals surface area (Å²) in [6, 6.07) is 13.4. The number of carbonyl (C=O) groups is 1. The zero-order chi connectivity index (χ0) is 23.0. The molecule has 2 aromatic carbocycles. The maximum Gasteiger partial charge on any atom is 0.433 e. The molecule has 0 radical (unpaired) electrons. The molecule has 32 heavy (non-hydrogen) atoms. The van der Waals surface area contributed by atoms with E-state index >= 15 is 0 Å². The molecule has 0 unspecified atom stereocenters. The number of hydrogen-bond donors (Lipinski definition) is 1. The highest BCUT2D eigenvalue weighted by atomic mass is 79.9. The number of benzene rings is 2. The third-order valence-electron chi connectivity index (χ3n) is 5.11. The summed E-state index contributed by atoms with van der Waals surface area (Å²) in [5.41, 5.74) is 1.73. The largest absolute Gasteiger partial charge is 0.433 e. The van der Waals surface area contributed by atoms with E-state index in [4.69, 9.17) is 0 Å². The van der Waals surface area contributed by atoms with Crippen LogP contribution in [0.3, 0.4) is 0 Å². The molecule has 5 nitrogen and oxygen atoms in total. The predicted molar refractivity (Wildman–Crippen MR) is 120 cm³/mol. The van der Waals surface area contributed by atoms with Gasteiger partial charge in [0.05, 0.1) is 23.1 Å². The number of alkyl halides is 3. The van der Waals surface area contributed by atoms with Crippen molar-refractivity contribution in [1.29, 1.82) is 0 Å². The Balaban J connectivity index is 1.66. The van der Waals surface area contributed by atoms with Gasteiger partial charge >= 0.3 is 6.18 Å². The van der Waals surface area contributed by atoms with Crippen molar-refractivity contribution in [3.8, 4) is 0 Å². The normalized spacial score (nSPS) is 11.7. The third kappa shape index (κ3) is 4.52. The molecule has 1 N–H and O–H groups in total. The van der Waals surface area contributed by atoms with Crippen LogP contribution in [-0.4, -0.2) is 20.4 Å². The van der Waals surface area contributed by atoms with Crippen LogP contribution in [0.1, 0.15) is 32.9 Å². The van der Waals surface area contributed by atoms with Crippen molar-refractivity contribution in [2.24, 2.45) is 0 Å². The Labute approximate surface area is 190 Å². The van der Waals surface area contributed by atoms with Gasteiger partial charge < -0.3 is 9.88 Å². The van der Waals surface area contributed by atoms with Gasteiger partial charge in [0, 0.05) is 16.4 Å². The number of rotatable bonds is 4.